The van der Waals surface area contributed by atoms with Crippen molar-refractivity contribution in [3.63, 3.8) is 0 Å². The van der Waals surface area contributed by atoms with Crippen LogP contribution in [0.4, 0.5) is 0 Å². The van der Waals surface area contributed by atoms with Crippen LogP contribution < -0.4 is 11.1 Å². The highest BCUT2D eigenvalue weighted by Crippen LogP contribution is 2.27. The summed E-state index contributed by atoms with van der Waals surface area (Å²) in [4.78, 5) is 33.4. The van der Waals surface area contributed by atoms with Crippen molar-refractivity contribution >= 4 is 17.8 Å². The first-order chi connectivity index (χ1) is 8.85. The molecular formula is C12H20N2O5. The lowest BCUT2D eigenvalue weighted by Crippen LogP contribution is -2.56. The molecule has 7 heteroatoms. The first kappa shape index (κ1) is 15.4. The van der Waals surface area contributed by atoms with Gasteiger partial charge in [-0.2, -0.15) is 0 Å². The van der Waals surface area contributed by atoms with E-state index in [4.69, 9.17) is 15.9 Å². The van der Waals surface area contributed by atoms with Crippen molar-refractivity contribution in [3.05, 3.63) is 0 Å². The van der Waals surface area contributed by atoms with Crippen molar-refractivity contribution in [2.75, 3.05) is 0 Å². The minimum absolute atomic E-state index is 0.0868. The average Bonchev–Trinajstić information content (AvgIpc) is 2.75. The Balaban J connectivity index is 2.51. The lowest BCUT2D eigenvalue weighted by atomic mass is 9.97. The second kappa shape index (κ2) is 6.51. The minimum atomic E-state index is -1.17. The van der Waals surface area contributed by atoms with E-state index in [0.29, 0.717) is 12.8 Å². The van der Waals surface area contributed by atoms with Crippen LogP contribution in [0.2, 0.25) is 0 Å². The molecule has 1 fully saturated rings. The Morgan fingerprint density at radius 1 is 1.21 bits per heavy atom. The normalized spacial score (nSPS) is 18.8. The summed E-state index contributed by atoms with van der Waals surface area (Å²) in [6.07, 6.45) is 3.00. The van der Waals surface area contributed by atoms with Crippen molar-refractivity contribution in [3.8, 4) is 0 Å². The van der Waals surface area contributed by atoms with E-state index in [9.17, 15) is 14.4 Å². The van der Waals surface area contributed by atoms with E-state index >= 15 is 0 Å². The van der Waals surface area contributed by atoms with Crippen LogP contribution in [0, 0.1) is 0 Å². The Hall–Kier alpha value is -1.63. The summed E-state index contributed by atoms with van der Waals surface area (Å²) in [5, 5.41) is 19.9. The van der Waals surface area contributed by atoms with Crippen LogP contribution >= 0.6 is 0 Å². The Morgan fingerprint density at radius 3 is 2.26 bits per heavy atom. The van der Waals surface area contributed by atoms with Gasteiger partial charge in [-0.15, -0.1) is 0 Å². The van der Waals surface area contributed by atoms with Crippen LogP contribution in [-0.2, 0) is 14.4 Å². The molecule has 1 aliphatic rings. The fraction of sp³-hybridized carbons (Fsp3) is 0.750. The fourth-order valence-corrected chi connectivity index (χ4v) is 2.25. The molecular weight excluding hydrogens is 252 g/mol. The number of hydrogen-bond donors (Lipinski definition) is 4. The highest BCUT2D eigenvalue weighted by Gasteiger charge is 2.38. The molecule has 0 aromatic carbocycles. The van der Waals surface area contributed by atoms with Crippen molar-refractivity contribution in [2.24, 2.45) is 5.73 Å². The molecule has 0 aromatic heterocycles. The Bertz CT molecular complexity index is 363. The van der Waals surface area contributed by atoms with Crippen molar-refractivity contribution in [1.82, 2.24) is 5.32 Å². The molecule has 0 heterocycles. The zero-order chi connectivity index (χ0) is 14.5. The highest BCUT2D eigenvalue weighted by molar-refractivity contribution is 5.90. The molecule has 19 heavy (non-hydrogen) atoms. The van der Waals surface area contributed by atoms with Gasteiger partial charge in [-0.3, -0.25) is 9.59 Å². The SMILES string of the molecule is NC1(C(=O)N[C@H](CCCC(=O)O)C(=O)O)CCCC1. The second-order valence-corrected chi connectivity index (χ2v) is 5.01. The molecule has 0 aliphatic heterocycles. The Morgan fingerprint density at radius 2 is 1.79 bits per heavy atom. The molecule has 1 amide bonds. The van der Waals surface area contributed by atoms with Gasteiger partial charge in [0.1, 0.15) is 6.04 Å². The monoisotopic (exact) mass is 272 g/mol. The number of carboxylic acids is 2. The van der Waals surface area contributed by atoms with Gasteiger partial charge in [-0.1, -0.05) is 12.8 Å². The lowest BCUT2D eigenvalue weighted by Gasteiger charge is -2.25. The summed E-state index contributed by atoms with van der Waals surface area (Å²) >= 11 is 0. The van der Waals surface area contributed by atoms with Crippen LogP contribution in [-0.4, -0.2) is 39.6 Å². The third-order valence-electron chi connectivity index (χ3n) is 3.43. The van der Waals surface area contributed by atoms with E-state index in [0.717, 1.165) is 12.8 Å². The minimum Gasteiger partial charge on any atom is -0.481 e. The molecule has 0 radical (unpaired) electrons. The standard InChI is InChI=1S/C12H20N2O5/c13-12(6-1-2-7-12)11(19)14-8(10(17)18)4-3-5-9(15)16/h8H,1-7,13H2,(H,14,19)(H,15,16)(H,17,18)/t8-/m1/s1. The van der Waals surface area contributed by atoms with E-state index < -0.39 is 29.4 Å². The first-order valence-electron chi connectivity index (χ1n) is 6.39. The maximum atomic E-state index is 12.0. The molecule has 1 saturated carbocycles. The van der Waals surface area contributed by atoms with Gasteiger partial charge in [0.25, 0.3) is 0 Å². The number of nitrogens with two attached hydrogens (primary N) is 1. The number of carbonyl (C=O) groups is 3. The zero-order valence-electron chi connectivity index (χ0n) is 10.7. The molecule has 108 valence electrons. The molecule has 0 spiro atoms. The molecule has 0 bridgehead atoms. The number of amides is 1. The Labute approximate surface area is 111 Å². The number of aliphatic carboxylic acids is 2. The van der Waals surface area contributed by atoms with Crippen molar-refractivity contribution in [2.45, 2.75) is 56.5 Å². The van der Waals surface area contributed by atoms with Crippen LogP contribution in [0.5, 0.6) is 0 Å². The lowest BCUT2D eigenvalue weighted by molar-refractivity contribution is -0.143. The molecule has 5 N–H and O–H groups in total. The summed E-state index contributed by atoms with van der Waals surface area (Å²) in [5.74, 6) is -2.60. The largest absolute Gasteiger partial charge is 0.481 e. The van der Waals surface area contributed by atoms with E-state index in [-0.39, 0.29) is 19.3 Å². The molecule has 1 atom stereocenters. The van der Waals surface area contributed by atoms with Gasteiger partial charge < -0.3 is 21.3 Å². The summed E-state index contributed by atoms with van der Waals surface area (Å²) in [6, 6.07) is -1.08. The summed E-state index contributed by atoms with van der Waals surface area (Å²) in [6.45, 7) is 0. The second-order valence-electron chi connectivity index (χ2n) is 5.01. The molecule has 7 nitrogen and oxygen atoms in total. The highest BCUT2D eigenvalue weighted by atomic mass is 16.4. The topological polar surface area (TPSA) is 130 Å². The van der Waals surface area contributed by atoms with Gasteiger partial charge in [0.2, 0.25) is 5.91 Å². The van der Waals surface area contributed by atoms with Gasteiger partial charge >= 0.3 is 11.9 Å². The van der Waals surface area contributed by atoms with Crippen molar-refractivity contribution < 1.29 is 24.6 Å². The summed E-state index contributed by atoms with van der Waals surface area (Å²) in [7, 11) is 0. The zero-order valence-corrected chi connectivity index (χ0v) is 10.7. The van der Waals surface area contributed by atoms with E-state index in [1.165, 1.54) is 0 Å². The number of carboxylic acid groups (broad SMARTS) is 2. The molecule has 1 aliphatic carbocycles. The predicted octanol–water partition coefficient (Wildman–Crippen LogP) is 0.0822. The number of carbonyl (C=O) groups excluding carboxylic acids is 1. The third kappa shape index (κ3) is 4.51. The van der Waals surface area contributed by atoms with E-state index in [1.807, 2.05) is 0 Å². The Kier molecular flexibility index (Phi) is 5.29. The van der Waals surface area contributed by atoms with Crippen LogP contribution in [0.3, 0.4) is 0 Å². The van der Waals surface area contributed by atoms with Gasteiger partial charge in [0, 0.05) is 6.42 Å². The summed E-state index contributed by atoms with van der Waals surface area (Å²) < 4.78 is 0. The van der Waals surface area contributed by atoms with Gasteiger partial charge in [-0.25, -0.2) is 4.79 Å². The third-order valence-corrected chi connectivity index (χ3v) is 3.43. The first-order valence-corrected chi connectivity index (χ1v) is 6.39. The summed E-state index contributed by atoms with van der Waals surface area (Å²) in [5.41, 5.74) is 4.96. The maximum Gasteiger partial charge on any atom is 0.326 e. The van der Waals surface area contributed by atoms with Crippen LogP contribution in [0.15, 0.2) is 0 Å². The van der Waals surface area contributed by atoms with Gasteiger partial charge in [0.15, 0.2) is 0 Å². The molecule has 1 rings (SSSR count). The van der Waals surface area contributed by atoms with E-state index in [2.05, 4.69) is 5.32 Å². The van der Waals surface area contributed by atoms with Crippen LogP contribution in [0.25, 0.3) is 0 Å². The number of nitrogens with one attached hydrogen (secondary N) is 1. The fourth-order valence-electron chi connectivity index (χ4n) is 2.25. The molecule has 0 unspecified atom stereocenters. The van der Waals surface area contributed by atoms with Gasteiger partial charge in [0.05, 0.1) is 5.54 Å². The predicted molar refractivity (Wildman–Crippen MR) is 66.4 cm³/mol. The van der Waals surface area contributed by atoms with Crippen LogP contribution in [0.1, 0.15) is 44.9 Å². The van der Waals surface area contributed by atoms with Crippen molar-refractivity contribution in [1.29, 1.82) is 0 Å². The van der Waals surface area contributed by atoms with Gasteiger partial charge in [-0.05, 0) is 25.7 Å². The van der Waals surface area contributed by atoms with E-state index in [1.54, 1.807) is 0 Å². The smallest absolute Gasteiger partial charge is 0.326 e. The maximum absolute atomic E-state index is 12.0. The molecule has 0 saturated heterocycles. The quantitative estimate of drug-likeness (QED) is 0.519. The number of hydrogen-bond acceptors (Lipinski definition) is 4. The number of rotatable bonds is 7. The molecule has 0 aromatic rings. The average molecular weight is 272 g/mol.